The number of primary amides is 1. The SMILES string of the molecule is C=CCn1c(CS(=O)(=O)c2ccc(C)cc2)nnc1SC(C)C(=O)Nc1sc2c(c1C(N)=O)CCCC2. The van der Waals surface area contributed by atoms with Gasteiger partial charge in [-0.1, -0.05) is 35.5 Å². The smallest absolute Gasteiger partial charge is 0.251 e. The molecule has 2 amide bonds. The number of fused-ring (bicyclic) bond motifs is 1. The van der Waals surface area contributed by atoms with E-state index < -0.39 is 21.0 Å². The number of aromatic nitrogens is 3. The average Bonchev–Trinajstić information content (AvgIpc) is 3.39. The Morgan fingerprint density at radius 1 is 1.24 bits per heavy atom. The zero-order valence-electron chi connectivity index (χ0n) is 20.7. The minimum absolute atomic E-state index is 0.206. The summed E-state index contributed by atoms with van der Waals surface area (Å²) in [5.41, 5.74) is 7.96. The van der Waals surface area contributed by atoms with Crippen molar-refractivity contribution in [1.29, 1.82) is 0 Å². The minimum Gasteiger partial charge on any atom is -0.365 e. The number of anilines is 1. The Morgan fingerprint density at radius 3 is 2.62 bits per heavy atom. The van der Waals surface area contributed by atoms with Gasteiger partial charge in [0.15, 0.2) is 15.0 Å². The van der Waals surface area contributed by atoms with Crippen molar-refractivity contribution in [3.63, 3.8) is 0 Å². The number of nitrogens with zero attached hydrogens (tertiary/aromatic N) is 3. The van der Waals surface area contributed by atoms with E-state index in [0.717, 1.165) is 53.4 Å². The number of hydrogen-bond acceptors (Lipinski definition) is 8. The second kappa shape index (κ2) is 11.2. The second-order valence-corrected chi connectivity index (χ2v) is 13.3. The first kappa shape index (κ1) is 27.1. The van der Waals surface area contributed by atoms with Crippen LogP contribution in [0.4, 0.5) is 5.00 Å². The van der Waals surface area contributed by atoms with E-state index in [1.54, 1.807) is 41.8 Å². The molecule has 0 bridgehead atoms. The Kier molecular flexibility index (Phi) is 8.20. The molecule has 0 fully saturated rings. The van der Waals surface area contributed by atoms with E-state index in [0.29, 0.717) is 15.7 Å². The first-order valence-electron chi connectivity index (χ1n) is 11.8. The van der Waals surface area contributed by atoms with Crippen LogP contribution in [-0.4, -0.2) is 40.2 Å². The van der Waals surface area contributed by atoms with Gasteiger partial charge in [0.05, 0.1) is 15.7 Å². The molecule has 0 aliphatic heterocycles. The number of amides is 2. The van der Waals surface area contributed by atoms with Crippen molar-refractivity contribution >= 4 is 49.8 Å². The van der Waals surface area contributed by atoms with Crippen molar-refractivity contribution in [2.45, 2.75) is 67.1 Å². The van der Waals surface area contributed by atoms with Crippen molar-refractivity contribution in [2.75, 3.05) is 5.32 Å². The third-order valence-electron chi connectivity index (χ3n) is 6.11. The maximum absolute atomic E-state index is 13.1. The van der Waals surface area contributed by atoms with Crippen LogP contribution < -0.4 is 11.1 Å². The summed E-state index contributed by atoms with van der Waals surface area (Å²) in [6, 6.07) is 6.64. The Bertz CT molecular complexity index is 1440. The number of sulfone groups is 1. The van der Waals surface area contributed by atoms with Gasteiger partial charge in [0.25, 0.3) is 5.91 Å². The van der Waals surface area contributed by atoms with Crippen LogP contribution in [0, 0.1) is 6.92 Å². The van der Waals surface area contributed by atoms with Crippen molar-refractivity contribution < 1.29 is 18.0 Å². The Hall–Kier alpha value is -2.96. The highest BCUT2D eigenvalue weighted by Gasteiger charge is 2.28. The highest BCUT2D eigenvalue weighted by Crippen LogP contribution is 2.38. The number of benzene rings is 1. The molecule has 3 aromatic rings. The molecular formula is C25H29N5O4S3. The number of aryl methyl sites for hydroxylation is 2. The molecule has 0 spiro atoms. The van der Waals surface area contributed by atoms with Crippen LogP contribution >= 0.6 is 23.1 Å². The van der Waals surface area contributed by atoms with Crippen LogP contribution in [0.1, 0.15) is 52.0 Å². The largest absolute Gasteiger partial charge is 0.365 e. The Balaban J connectivity index is 1.52. The molecule has 3 N–H and O–H groups in total. The number of allylic oxidation sites excluding steroid dienone is 1. The molecule has 2 heterocycles. The molecule has 9 nitrogen and oxygen atoms in total. The average molecular weight is 560 g/mol. The van der Waals surface area contributed by atoms with Gasteiger partial charge in [-0.2, -0.15) is 0 Å². The summed E-state index contributed by atoms with van der Waals surface area (Å²) in [6.45, 7) is 7.64. The van der Waals surface area contributed by atoms with Gasteiger partial charge >= 0.3 is 0 Å². The number of nitrogens with two attached hydrogens (primary N) is 1. The third-order valence-corrected chi connectivity index (χ3v) is 10.0. The van der Waals surface area contributed by atoms with Crippen LogP contribution in [0.3, 0.4) is 0 Å². The maximum Gasteiger partial charge on any atom is 0.251 e. The molecule has 1 aromatic carbocycles. The molecule has 1 aliphatic rings. The molecule has 1 aliphatic carbocycles. The maximum atomic E-state index is 13.1. The summed E-state index contributed by atoms with van der Waals surface area (Å²) >= 11 is 2.56. The number of nitrogens with one attached hydrogen (secondary N) is 1. The van der Waals surface area contributed by atoms with Gasteiger partial charge in [-0.15, -0.1) is 28.1 Å². The fraction of sp³-hybridized carbons (Fsp3) is 0.360. The van der Waals surface area contributed by atoms with Gasteiger partial charge < -0.3 is 15.6 Å². The highest BCUT2D eigenvalue weighted by molar-refractivity contribution is 8.00. The molecule has 37 heavy (non-hydrogen) atoms. The van der Waals surface area contributed by atoms with Crippen molar-refractivity contribution in [3.05, 3.63) is 64.3 Å². The van der Waals surface area contributed by atoms with Crippen LogP contribution in [0.5, 0.6) is 0 Å². The van der Waals surface area contributed by atoms with Crippen molar-refractivity contribution in [2.24, 2.45) is 5.73 Å². The van der Waals surface area contributed by atoms with E-state index in [1.165, 1.54) is 11.3 Å². The first-order chi connectivity index (χ1) is 17.6. The summed E-state index contributed by atoms with van der Waals surface area (Å²) in [6.07, 6.45) is 5.31. The quantitative estimate of drug-likeness (QED) is 0.284. The normalized spacial score (nSPS) is 14.1. The number of carbonyl (C=O) groups excluding carboxylic acids is 2. The Labute approximate surface area is 224 Å². The van der Waals surface area contributed by atoms with Crippen LogP contribution in [0.15, 0.2) is 47.0 Å². The van der Waals surface area contributed by atoms with Gasteiger partial charge in [-0.05, 0) is 57.2 Å². The molecule has 1 atom stereocenters. The molecule has 196 valence electrons. The lowest BCUT2D eigenvalue weighted by molar-refractivity contribution is -0.115. The van der Waals surface area contributed by atoms with E-state index in [1.807, 2.05) is 6.92 Å². The van der Waals surface area contributed by atoms with Gasteiger partial charge in [0, 0.05) is 11.4 Å². The number of rotatable bonds is 10. The first-order valence-corrected chi connectivity index (χ1v) is 15.2. The molecule has 0 radical (unpaired) electrons. The van der Waals surface area contributed by atoms with E-state index in [-0.39, 0.29) is 28.9 Å². The summed E-state index contributed by atoms with van der Waals surface area (Å²) in [5.74, 6) is -0.924. The fourth-order valence-corrected chi connectivity index (χ4v) is 7.61. The van der Waals surface area contributed by atoms with Gasteiger partial charge in [0.1, 0.15) is 16.6 Å². The third kappa shape index (κ3) is 5.97. The molecule has 4 rings (SSSR count). The molecular weight excluding hydrogens is 531 g/mol. The summed E-state index contributed by atoms with van der Waals surface area (Å²) in [7, 11) is -3.65. The summed E-state index contributed by atoms with van der Waals surface area (Å²) < 4.78 is 27.6. The van der Waals surface area contributed by atoms with Gasteiger partial charge in [0.2, 0.25) is 5.91 Å². The summed E-state index contributed by atoms with van der Waals surface area (Å²) in [5, 5.41) is 11.4. The van der Waals surface area contributed by atoms with Crippen LogP contribution in [-0.2, 0) is 39.8 Å². The number of carbonyl (C=O) groups is 2. The van der Waals surface area contributed by atoms with E-state index in [2.05, 4.69) is 22.1 Å². The number of hydrogen-bond donors (Lipinski definition) is 2. The lowest BCUT2D eigenvalue weighted by Crippen LogP contribution is -2.24. The standard InChI is InChI=1S/C25H29N5O4S3/c1-4-13-30-20(14-37(33,34)17-11-9-15(2)10-12-17)28-29-25(30)35-16(3)23(32)27-24-21(22(26)31)18-7-5-6-8-19(18)36-24/h4,9-12,16H,1,5-8,13-14H2,2-3H3,(H2,26,31)(H,27,32). The topological polar surface area (TPSA) is 137 Å². The predicted octanol–water partition coefficient (Wildman–Crippen LogP) is 3.90. The van der Waals surface area contributed by atoms with Gasteiger partial charge in [-0.25, -0.2) is 8.42 Å². The molecule has 2 aromatic heterocycles. The van der Waals surface area contributed by atoms with Crippen molar-refractivity contribution in [3.8, 4) is 0 Å². The number of thiophene rings is 1. The molecule has 0 saturated heterocycles. The zero-order chi connectivity index (χ0) is 26.7. The lowest BCUT2D eigenvalue weighted by Gasteiger charge is -2.13. The van der Waals surface area contributed by atoms with Crippen molar-refractivity contribution in [1.82, 2.24) is 14.8 Å². The predicted molar refractivity (Wildman–Crippen MR) is 146 cm³/mol. The number of thioether (sulfide) groups is 1. The highest BCUT2D eigenvalue weighted by atomic mass is 32.2. The van der Waals surface area contributed by atoms with Crippen LogP contribution in [0.2, 0.25) is 0 Å². The van der Waals surface area contributed by atoms with Gasteiger partial charge in [-0.3, -0.25) is 9.59 Å². The van der Waals surface area contributed by atoms with Crippen LogP contribution in [0.25, 0.3) is 0 Å². The van der Waals surface area contributed by atoms with E-state index in [9.17, 15) is 18.0 Å². The molecule has 1 unspecified atom stereocenters. The molecule has 12 heteroatoms. The lowest BCUT2D eigenvalue weighted by atomic mass is 9.95. The minimum atomic E-state index is -3.65. The zero-order valence-corrected chi connectivity index (χ0v) is 23.1. The van der Waals surface area contributed by atoms with E-state index in [4.69, 9.17) is 5.73 Å². The van der Waals surface area contributed by atoms with E-state index >= 15 is 0 Å². The second-order valence-electron chi connectivity index (χ2n) is 8.90. The fourth-order valence-electron chi connectivity index (χ4n) is 4.16. The molecule has 0 saturated carbocycles. The Morgan fingerprint density at radius 2 is 1.95 bits per heavy atom. The monoisotopic (exact) mass is 559 g/mol. The summed E-state index contributed by atoms with van der Waals surface area (Å²) in [4.78, 5) is 26.5.